The van der Waals surface area contributed by atoms with Gasteiger partial charge in [0.1, 0.15) is 24.0 Å². The number of methoxy groups -OCH3 is 1. The molecule has 37 heavy (non-hydrogen) atoms. The molecule has 4 rings (SSSR count). The van der Waals surface area contributed by atoms with Crippen molar-refractivity contribution in [2.75, 3.05) is 25.5 Å². The van der Waals surface area contributed by atoms with Gasteiger partial charge in [-0.2, -0.15) is 5.26 Å². The smallest absolute Gasteiger partial charge is 0.337 e. The standard InChI is InChI=1S/C27H27N5O5/c1-17(33)25(34)32-13-10-22(11-14-32)37-24-8-5-19(15-20(24)16-28)23-9-12-29-27(31-23)30-21-6-3-18(4-7-21)26(35)36-2/h3-9,12,15,17,22,33H,10-11,13-14H2,1-2H3,(H,29,30,31)/t17-/m1/s1. The summed E-state index contributed by atoms with van der Waals surface area (Å²) in [5.41, 5.74) is 2.87. The Morgan fingerprint density at radius 2 is 1.89 bits per heavy atom. The second kappa shape index (κ2) is 11.5. The number of aliphatic hydroxyl groups excluding tert-OH is 1. The van der Waals surface area contributed by atoms with Crippen LogP contribution >= 0.6 is 0 Å². The van der Waals surface area contributed by atoms with Crippen molar-refractivity contribution >= 4 is 23.5 Å². The highest BCUT2D eigenvalue weighted by Gasteiger charge is 2.26. The molecule has 1 amide bonds. The maximum Gasteiger partial charge on any atom is 0.337 e. The summed E-state index contributed by atoms with van der Waals surface area (Å²) >= 11 is 0. The Labute approximate surface area is 214 Å². The van der Waals surface area contributed by atoms with E-state index in [0.29, 0.717) is 60.1 Å². The number of rotatable bonds is 7. The van der Waals surface area contributed by atoms with Crippen molar-refractivity contribution in [2.24, 2.45) is 0 Å². The molecular formula is C27H27N5O5. The normalized spacial score (nSPS) is 14.4. The minimum atomic E-state index is -1.01. The second-order valence-electron chi connectivity index (χ2n) is 8.60. The van der Waals surface area contributed by atoms with E-state index in [1.807, 2.05) is 6.07 Å². The third kappa shape index (κ3) is 6.20. The Balaban J connectivity index is 1.44. The van der Waals surface area contributed by atoms with Crippen molar-refractivity contribution in [1.82, 2.24) is 14.9 Å². The number of hydrogen-bond donors (Lipinski definition) is 2. The van der Waals surface area contributed by atoms with Crippen molar-refractivity contribution in [3.63, 3.8) is 0 Å². The van der Waals surface area contributed by atoms with E-state index in [4.69, 9.17) is 9.47 Å². The highest BCUT2D eigenvalue weighted by molar-refractivity contribution is 5.89. The molecule has 1 aliphatic heterocycles. The minimum Gasteiger partial charge on any atom is -0.489 e. The zero-order valence-electron chi connectivity index (χ0n) is 20.5. The van der Waals surface area contributed by atoms with Gasteiger partial charge in [0.2, 0.25) is 5.95 Å². The molecule has 2 aromatic carbocycles. The molecule has 0 radical (unpaired) electrons. The van der Waals surface area contributed by atoms with E-state index in [0.717, 1.165) is 5.56 Å². The summed E-state index contributed by atoms with van der Waals surface area (Å²) in [6.45, 7) is 2.46. The van der Waals surface area contributed by atoms with Crippen molar-refractivity contribution in [1.29, 1.82) is 5.26 Å². The topological polar surface area (TPSA) is 138 Å². The van der Waals surface area contributed by atoms with E-state index >= 15 is 0 Å². The molecular weight excluding hydrogens is 474 g/mol. The van der Waals surface area contributed by atoms with Crippen molar-refractivity contribution in [3.8, 4) is 23.1 Å². The van der Waals surface area contributed by atoms with E-state index < -0.39 is 12.1 Å². The fourth-order valence-corrected chi connectivity index (χ4v) is 4.03. The van der Waals surface area contributed by atoms with E-state index in [2.05, 4.69) is 21.4 Å². The average Bonchev–Trinajstić information content (AvgIpc) is 2.93. The quantitative estimate of drug-likeness (QED) is 0.467. The molecule has 10 nitrogen and oxygen atoms in total. The number of aliphatic hydroxyl groups is 1. The third-order valence-electron chi connectivity index (χ3n) is 6.02. The number of hydrogen-bond acceptors (Lipinski definition) is 9. The fourth-order valence-electron chi connectivity index (χ4n) is 4.03. The highest BCUT2D eigenvalue weighted by Crippen LogP contribution is 2.28. The van der Waals surface area contributed by atoms with Crippen LogP contribution in [0.2, 0.25) is 0 Å². The first-order valence-corrected chi connectivity index (χ1v) is 11.8. The van der Waals surface area contributed by atoms with Crippen LogP contribution in [0, 0.1) is 11.3 Å². The molecule has 10 heteroatoms. The van der Waals surface area contributed by atoms with Gasteiger partial charge < -0.3 is 24.8 Å². The molecule has 1 fully saturated rings. The lowest BCUT2D eigenvalue weighted by Crippen LogP contribution is -2.45. The molecule has 3 aromatic rings. The van der Waals surface area contributed by atoms with Gasteiger partial charge in [0, 0.05) is 43.4 Å². The van der Waals surface area contributed by atoms with Gasteiger partial charge >= 0.3 is 5.97 Å². The summed E-state index contributed by atoms with van der Waals surface area (Å²) in [7, 11) is 1.33. The SMILES string of the molecule is COC(=O)c1ccc(Nc2nccc(-c3ccc(OC4CCN(C(=O)[C@@H](C)O)CC4)c(C#N)c3)n2)cc1. The van der Waals surface area contributed by atoms with Gasteiger partial charge in [-0.1, -0.05) is 0 Å². The van der Waals surface area contributed by atoms with Gasteiger partial charge in [-0.25, -0.2) is 14.8 Å². The maximum absolute atomic E-state index is 12.0. The van der Waals surface area contributed by atoms with Gasteiger partial charge in [0.15, 0.2) is 0 Å². The molecule has 0 bridgehead atoms. The Bertz CT molecular complexity index is 1310. The van der Waals surface area contributed by atoms with Gasteiger partial charge in [0.05, 0.1) is 23.9 Å². The maximum atomic E-state index is 12.0. The molecule has 0 aliphatic carbocycles. The monoisotopic (exact) mass is 501 g/mol. The van der Waals surface area contributed by atoms with Crippen LogP contribution in [0.15, 0.2) is 54.7 Å². The lowest BCUT2D eigenvalue weighted by Gasteiger charge is -2.33. The summed E-state index contributed by atoms with van der Waals surface area (Å²) in [4.78, 5) is 34.0. The molecule has 2 heterocycles. The Morgan fingerprint density at radius 1 is 1.16 bits per heavy atom. The first-order chi connectivity index (χ1) is 17.9. The van der Waals surface area contributed by atoms with Crippen LogP contribution in [0.4, 0.5) is 11.6 Å². The molecule has 0 spiro atoms. The molecule has 0 unspecified atom stereocenters. The van der Waals surface area contributed by atoms with Crippen LogP contribution in [-0.2, 0) is 9.53 Å². The largest absolute Gasteiger partial charge is 0.489 e. The van der Waals surface area contributed by atoms with Crippen molar-refractivity contribution in [2.45, 2.75) is 32.0 Å². The summed E-state index contributed by atoms with van der Waals surface area (Å²) in [5.74, 6) is 0.144. The van der Waals surface area contributed by atoms with Gasteiger partial charge in [0.25, 0.3) is 5.91 Å². The van der Waals surface area contributed by atoms with Crippen LogP contribution in [0.25, 0.3) is 11.3 Å². The summed E-state index contributed by atoms with van der Waals surface area (Å²) in [5, 5.41) is 22.3. The predicted molar refractivity (Wildman–Crippen MR) is 135 cm³/mol. The Morgan fingerprint density at radius 3 is 2.54 bits per heavy atom. The van der Waals surface area contributed by atoms with Gasteiger partial charge in [-0.15, -0.1) is 0 Å². The number of ether oxygens (including phenoxy) is 2. The number of nitriles is 1. The number of amides is 1. The number of carbonyl (C=O) groups is 2. The lowest BCUT2D eigenvalue weighted by molar-refractivity contribution is -0.141. The van der Waals surface area contributed by atoms with Crippen LogP contribution in [-0.4, -0.2) is 64.3 Å². The zero-order chi connectivity index (χ0) is 26.4. The van der Waals surface area contributed by atoms with Crippen molar-refractivity contribution < 1.29 is 24.2 Å². The Kier molecular flexibility index (Phi) is 7.95. The third-order valence-corrected chi connectivity index (χ3v) is 6.02. The van der Waals surface area contributed by atoms with E-state index in [9.17, 15) is 20.0 Å². The van der Waals surface area contributed by atoms with E-state index in [1.54, 1.807) is 53.6 Å². The number of likely N-dealkylation sites (tertiary alicyclic amines) is 1. The molecule has 1 atom stereocenters. The molecule has 190 valence electrons. The molecule has 1 saturated heterocycles. The van der Waals surface area contributed by atoms with Gasteiger partial charge in [-0.05, 0) is 55.5 Å². The summed E-state index contributed by atoms with van der Waals surface area (Å²) in [6.07, 6.45) is 1.71. The number of esters is 1. The molecule has 0 saturated carbocycles. The minimum absolute atomic E-state index is 0.128. The summed E-state index contributed by atoms with van der Waals surface area (Å²) < 4.78 is 10.8. The first kappa shape index (κ1) is 25.6. The Hall–Kier alpha value is -4.49. The summed E-state index contributed by atoms with van der Waals surface area (Å²) in [6, 6.07) is 16.0. The van der Waals surface area contributed by atoms with Crippen LogP contribution in [0.1, 0.15) is 35.7 Å². The second-order valence-corrected chi connectivity index (χ2v) is 8.60. The molecule has 1 aromatic heterocycles. The van der Waals surface area contributed by atoms with Crippen LogP contribution < -0.4 is 10.1 Å². The number of nitrogens with one attached hydrogen (secondary N) is 1. The predicted octanol–water partition coefficient (Wildman–Crippen LogP) is 3.30. The van der Waals surface area contributed by atoms with Crippen LogP contribution in [0.5, 0.6) is 5.75 Å². The van der Waals surface area contributed by atoms with Crippen LogP contribution in [0.3, 0.4) is 0 Å². The van der Waals surface area contributed by atoms with E-state index in [-0.39, 0.29) is 12.0 Å². The zero-order valence-corrected chi connectivity index (χ0v) is 20.5. The molecule has 1 aliphatic rings. The average molecular weight is 502 g/mol. The fraction of sp³-hybridized carbons (Fsp3) is 0.296. The number of anilines is 2. The molecule has 2 N–H and O–H groups in total. The number of nitrogens with zero attached hydrogens (tertiary/aromatic N) is 4. The number of carbonyl (C=O) groups excluding carboxylic acids is 2. The van der Waals surface area contributed by atoms with E-state index in [1.165, 1.54) is 14.0 Å². The number of aromatic nitrogens is 2. The lowest BCUT2D eigenvalue weighted by atomic mass is 10.1. The number of benzene rings is 2. The van der Waals surface area contributed by atoms with Crippen molar-refractivity contribution in [3.05, 3.63) is 65.9 Å². The first-order valence-electron chi connectivity index (χ1n) is 11.8. The van der Waals surface area contributed by atoms with Gasteiger partial charge in [-0.3, -0.25) is 4.79 Å². The number of piperidine rings is 1. The highest BCUT2D eigenvalue weighted by atomic mass is 16.5.